The fraction of sp³-hybridized carbons (Fsp3) is 1.00. The van der Waals surface area contributed by atoms with Crippen molar-refractivity contribution in [3.05, 3.63) is 0 Å². The van der Waals surface area contributed by atoms with Gasteiger partial charge in [0.1, 0.15) is 0 Å². The molecule has 0 amide bonds. The maximum absolute atomic E-state index is 3.72. The summed E-state index contributed by atoms with van der Waals surface area (Å²) in [5.74, 6) is 1.05. The van der Waals surface area contributed by atoms with Crippen LogP contribution in [0.1, 0.15) is 64.2 Å². The van der Waals surface area contributed by atoms with Crippen LogP contribution < -0.4 is 5.32 Å². The molecule has 0 aromatic rings. The van der Waals surface area contributed by atoms with Gasteiger partial charge in [0.25, 0.3) is 0 Å². The van der Waals surface area contributed by atoms with Crippen LogP contribution in [0.3, 0.4) is 0 Å². The normalized spacial score (nSPS) is 35.3. The minimum absolute atomic E-state index is 0.818. The first kappa shape index (κ1) is 12.9. The molecule has 2 saturated heterocycles. The van der Waals surface area contributed by atoms with Crippen molar-refractivity contribution in [3.8, 4) is 0 Å². The second kappa shape index (κ2) is 6.38. The van der Waals surface area contributed by atoms with E-state index in [1.165, 1.54) is 83.8 Å². The third-order valence-electron chi connectivity index (χ3n) is 5.53. The summed E-state index contributed by atoms with van der Waals surface area (Å²) in [6.07, 6.45) is 14.7. The summed E-state index contributed by atoms with van der Waals surface area (Å²) in [4.78, 5) is 2.82. The van der Waals surface area contributed by atoms with Crippen molar-refractivity contribution in [3.63, 3.8) is 0 Å². The maximum Gasteiger partial charge on any atom is 0.0249 e. The molecule has 1 N–H and O–H groups in total. The van der Waals surface area contributed by atoms with Crippen molar-refractivity contribution >= 4 is 0 Å². The zero-order valence-electron chi connectivity index (χ0n) is 11.9. The molecule has 1 aliphatic carbocycles. The van der Waals surface area contributed by atoms with Crippen molar-refractivity contribution in [2.75, 3.05) is 19.6 Å². The lowest BCUT2D eigenvalue weighted by atomic mass is 9.87. The first-order valence-corrected chi connectivity index (χ1v) is 8.41. The van der Waals surface area contributed by atoms with Crippen LogP contribution in [0.15, 0.2) is 0 Å². The Morgan fingerprint density at radius 2 is 1.78 bits per heavy atom. The molecule has 3 rings (SSSR count). The summed E-state index contributed by atoms with van der Waals surface area (Å²) < 4.78 is 0. The summed E-state index contributed by atoms with van der Waals surface area (Å²) in [6.45, 7) is 4.01. The summed E-state index contributed by atoms with van der Waals surface area (Å²) in [5, 5.41) is 3.72. The molecule has 2 heteroatoms. The van der Waals surface area contributed by atoms with Crippen molar-refractivity contribution in [2.24, 2.45) is 5.92 Å². The minimum atomic E-state index is 0.818. The average molecular weight is 250 g/mol. The van der Waals surface area contributed by atoms with Crippen molar-refractivity contribution < 1.29 is 0 Å². The first-order valence-electron chi connectivity index (χ1n) is 8.41. The van der Waals surface area contributed by atoms with Gasteiger partial charge in [-0.2, -0.15) is 0 Å². The maximum atomic E-state index is 3.72. The van der Waals surface area contributed by atoms with Gasteiger partial charge in [-0.15, -0.1) is 0 Å². The van der Waals surface area contributed by atoms with Crippen LogP contribution >= 0.6 is 0 Å². The molecule has 2 aliphatic heterocycles. The lowest BCUT2D eigenvalue weighted by Crippen LogP contribution is -2.44. The molecular formula is C16H30N2. The van der Waals surface area contributed by atoms with Crippen LogP contribution in [0.4, 0.5) is 0 Å². The number of rotatable bonds is 4. The molecular weight excluding hydrogens is 220 g/mol. The molecule has 0 spiro atoms. The first-order chi connectivity index (χ1) is 8.93. The smallest absolute Gasteiger partial charge is 0.0249 e. The Balaban J connectivity index is 1.45. The Bertz CT molecular complexity index is 241. The molecule has 1 saturated carbocycles. The quantitative estimate of drug-likeness (QED) is 0.824. The van der Waals surface area contributed by atoms with E-state index in [9.17, 15) is 0 Å². The van der Waals surface area contributed by atoms with E-state index in [0.717, 1.165) is 18.0 Å². The zero-order chi connectivity index (χ0) is 12.2. The van der Waals surface area contributed by atoms with Crippen LogP contribution in [-0.2, 0) is 0 Å². The Morgan fingerprint density at radius 1 is 0.889 bits per heavy atom. The van der Waals surface area contributed by atoms with Gasteiger partial charge in [-0.25, -0.2) is 0 Å². The highest BCUT2D eigenvalue weighted by atomic mass is 15.2. The summed E-state index contributed by atoms with van der Waals surface area (Å²) in [6, 6.07) is 1.69. The minimum Gasteiger partial charge on any atom is -0.312 e. The molecule has 104 valence electrons. The van der Waals surface area contributed by atoms with Crippen molar-refractivity contribution in [1.82, 2.24) is 10.2 Å². The van der Waals surface area contributed by atoms with Gasteiger partial charge in [0.2, 0.25) is 0 Å². The Labute approximate surface area is 113 Å². The van der Waals surface area contributed by atoms with Gasteiger partial charge in [-0.3, -0.25) is 4.90 Å². The predicted octanol–water partition coefficient (Wildman–Crippen LogP) is 3.17. The molecule has 0 radical (unpaired) electrons. The zero-order valence-corrected chi connectivity index (χ0v) is 11.9. The van der Waals surface area contributed by atoms with Crippen molar-refractivity contribution in [1.29, 1.82) is 0 Å². The van der Waals surface area contributed by atoms with E-state index < -0.39 is 0 Å². The van der Waals surface area contributed by atoms with E-state index in [0.29, 0.717) is 0 Å². The van der Waals surface area contributed by atoms with E-state index in [4.69, 9.17) is 0 Å². The van der Waals surface area contributed by atoms with Crippen LogP contribution in [0.5, 0.6) is 0 Å². The third kappa shape index (κ3) is 3.08. The van der Waals surface area contributed by atoms with Gasteiger partial charge in [0.05, 0.1) is 0 Å². The molecule has 2 heterocycles. The molecule has 0 bridgehead atoms. The van der Waals surface area contributed by atoms with E-state index in [1.54, 1.807) is 0 Å². The van der Waals surface area contributed by atoms with E-state index in [2.05, 4.69) is 10.2 Å². The van der Waals surface area contributed by atoms with E-state index >= 15 is 0 Å². The number of nitrogens with one attached hydrogen (secondary N) is 1. The van der Waals surface area contributed by atoms with E-state index in [1.807, 2.05) is 0 Å². The number of nitrogens with zero attached hydrogens (tertiary/aromatic N) is 1. The topological polar surface area (TPSA) is 15.3 Å². The molecule has 2 unspecified atom stereocenters. The van der Waals surface area contributed by atoms with Crippen LogP contribution in [0.2, 0.25) is 0 Å². The van der Waals surface area contributed by atoms with Gasteiger partial charge in [0, 0.05) is 12.1 Å². The fourth-order valence-corrected chi connectivity index (χ4v) is 4.45. The lowest BCUT2D eigenvalue weighted by molar-refractivity contribution is 0.190. The highest BCUT2D eigenvalue weighted by molar-refractivity contribution is 4.92. The SMILES string of the molecule is C1CCC(CCN2CCCC2C2CCCN2)CC1. The molecule has 0 aromatic heterocycles. The van der Waals surface area contributed by atoms with Gasteiger partial charge in [-0.05, 0) is 57.7 Å². The second-order valence-corrected chi connectivity index (χ2v) is 6.74. The Kier molecular flexibility index (Phi) is 4.58. The molecule has 3 fully saturated rings. The van der Waals surface area contributed by atoms with Crippen LogP contribution in [0.25, 0.3) is 0 Å². The highest BCUT2D eigenvalue weighted by Gasteiger charge is 2.33. The molecule has 2 atom stereocenters. The molecule has 18 heavy (non-hydrogen) atoms. The highest BCUT2D eigenvalue weighted by Crippen LogP contribution is 2.29. The van der Waals surface area contributed by atoms with Gasteiger partial charge >= 0.3 is 0 Å². The largest absolute Gasteiger partial charge is 0.312 e. The summed E-state index contributed by atoms with van der Waals surface area (Å²) in [5.41, 5.74) is 0. The van der Waals surface area contributed by atoms with Crippen LogP contribution in [0, 0.1) is 5.92 Å². The van der Waals surface area contributed by atoms with Gasteiger partial charge in [-0.1, -0.05) is 32.1 Å². The van der Waals surface area contributed by atoms with Crippen molar-refractivity contribution in [2.45, 2.75) is 76.3 Å². The van der Waals surface area contributed by atoms with E-state index in [-0.39, 0.29) is 0 Å². The standard InChI is InChI=1S/C16H30N2/c1-2-6-14(7-3-1)10-13-18-12-5-9-16(18)15-8-4-11-17-15/h14-17H,1-13H2. The monoisotopic (exact) mass is 250 g/mol. The number of hydrogen-bond acceptors (Lipinski definition) is 2. The third-order valence-corrected chi connectivity index (χ3v) is 5.53. The average Bonchev–Trinajstić information content (AvgIpc) is 3.08. The fourth-order valence-electron chi connectivity index (χ4n) is 4.45. The predicted molar refractivity (Wildman–Crippen MR) is 76.8 cm³/mol. The Hall–Kier alpha value is -0.0800. The summed E-state index contributed by atoms with van der Waals surface area (Å²) >= 11 is 0. The number of hydrogen-bond donors (Lipinski definition) is 1. The van der Waals surface area contributed by atoms with Gasteiger partial charge < -0.3 is 5.32 Å². The van der Waals surface area contributed by atoms with Gasteiger partial charge in [0.15, 0.2) is 0 Å². The molecule has 2 nitrogen and oxygen atoms in total. The Morgan fingerprint density at radius 3 is 2.56 bits per heavy atom. The molecule has 0 aromatic carbocycles. The number of likely N-dealkylation sites (tertiary alicyclic amines) is 1. The molecule has 3 aliphatic rings. The second-order valence-electron chi connectivity index (χ2n) is 6.74. The lowest BCUT2D eigenvalue weighted by Gasteiger charge is -2.31. The summed E-state index contributed by atoms with van der Waals surface area (Å²) in [7, 11) is 0. The van der Waals surface area contributed by atoms with Crippen LogP contribution in [-0.4, -0.2) is 36.6 Å².